The second-order valence-corrected chi connectivity index (χ2v) is 5.31. The lowest BCUT2D eigenvalue weighted by atomic mass is 10.3. The number of nitrogens with zero attached hydrogens (tertiary/aromatic N) is 1. The fourth-order valence-corrected chi connectivity index (χ4v) is 2.84. The molecule has 0 aliphatic carbocycles. The maximum atomic E-state index is 5.52. The topological polar surface area (TPSA) is 12.5 Å². The van der Waals surface area contributed by atoms with E-state index in [4.69, 9.17) is 4.74 Å². The first kappa shape index (κ1) is 12.0. The highest BCUT2D eigenvalue weighted by molar-refractivity contribution is 7.99. The average molecular weight is 237 g/mol. The van der Waals surface area contributed by atoms with Crippen molar-refractivity contribution in [1.82, 2.24) is 4.90 Å². The Balaban J connectivity index is 1.68. The van der Waals surface area contributed by atoms with Gasteiger partial charge in [-0.25, -0.2) is 0 Å². The first-order valence-corrected chi connectivity index (χ1v) is 6.85. The van der Waals surface area contributed by atoms with E-state index in [9.17, 15) is 0 Å². The third-order valence-corrected chi connectivity index (χ3v) is 3.74. The predicted octanol–water partition coefficient (Wildman–Crippen LogP) is 2.50. The molecular formula is C13H19NOS. The number of benzene rings is 1. The van der Waals surface area contributed by atoms with Crippen molar-refractivity contribution in [1.29, 1.82) is 0 Å². The molecule has 1 aliphatic heterocycles. The first-order chi connectivity index (χ1) is 7.84. The van der Waals surface area contributed by atoms with Gasteiger partial charge in [-0.05, 0) is 19.1 Å². The molecule has 0 saturated carbocycles. The van der Waals surface area contributed by atoms with Crippen LogP contribution in [0.1, 0.15) is 6.92 Å². The van der Waals surface area contributed by atoms with Crippen molar-refractivity contribution in [3.8, 4) is 0 Å². The molecule has 2 rings (SSSR count). The zero-order valence-corrected chi connectivity index (χ0v) is 10.6. The van der Waals surface area contributed by atoms with Crippen LogP contribution in [0, 0.1) is 0 Å². The highest BCUT2D eigenvalue weighted by atomic mass is 32.2. The van der Waals surface area contributed by atoms with Crippen LogP contribution in [0.4, 0.5) is 0 Å². The summed E-state index contributed by atoms with van der Waals surface area (Å²) in [5.41, 5.74) is 0. The summed E-state index contributed by atoms with van der Waals surface area (Å²) in [6, 6.07) is 10.6. The molecule has 1 unspecified atom stereocenters. The van der Waals surface area contributed by atoms with Gasteiger partial charge in [0.25, 0.3) is 0 Å². The normalized spacial score (nSPS) is 22.2. The minimum atomic E-state index is 0.399. The van der Waals surface area contributed by atoms with E-state index >= 15 is 0 Å². The second kappa shape index (κ2) is 6.28. The monoisotopic (exact) mass is 237 g/mol. The van der Waals surface area contributed by atoms with E-state index in [2.05, 4.69) is 42.2 Å². The molecule has 0 aromatic heterocycles. The maximum Gasteiger partial charge on any atom is 0.0674 e. The van der Waals surface area contributed by atoms with Crippen LogP contribution < -0.4 is 0 Å². The van der Waals surface area contributed by atoms with Crippen LogP contribution in [0.25, 0.3) is 0 Å². The molecule has 1 fully saturated rings. The largest absolute Gasteiger partial charge is 0.376 e. The summed E-state index contributed by atoms with van der Waals surface area (Å²) in [6.45, 7) is 6.36. The number of ether oxygens (including phenoxy) is 1. The third-order valence-electron chi connectivity index (χ3n) is 2.74. The Bertz CT molecular complexity index is 304. The smallest absolute Gasteiger partial charge is 0.0674 e. The Morgan fingerprint density at radius 1 is 1.38 bits per heavy atom. The summed E-state index contributed by atoms with van der Waals surface area (Å²) in [6.07, 6.45) is 0.399. The van der Waals surface area contributed by atoms with Crippen molar-refractivity contribution in [2.24, 2.45) is 0 Å². The Kier molecular flexibility index (Phi) is 4.69. The number of thioether (sulfide) groups is 1. The average Bonchev–Trinajstić information content (AvgIpc) is 2.30. The lowest BCUT2D eigenvalue weighted by molar-refractivity contribution is -0.0158. The highest BCUT2D eigenvalue weighted by Crippen LogP contribution is 2.17. The van der Waals surface area contributed by atoms with Crippen LogP contribution in [0.2, 0.25) is 0 Å². The Morgan fingerprint density at radius 3 is 2.94 bits per heavy atom. The molecule has 0 radical (unpaired) electrons. The number of morpholine rings is 1. The van der Waals surface area contributed by atoms with Gasteiger partial charge in [-0.2, -0.15) is 0 Å². The van der Waals surface area contributed by atoms with E-state index in [-0.39, 0.29) is 0 Å². The highest BCUT2D eigenvalue weighted by Gasteiger charge is 2.15. The van der Waals surface area contributed by atoms with Crippen LogP contribution in [0.3, 0.4) is 0 Å². The minimum Gasteiger partial charge on any atom is -0.376 e. The summed E-state index contributed by atoms with van der Waals surface area (Å²) < 4.78 is 5.52. The standard InChI is InChI=1S/C13H19NOS/c1-12-11-14(7-9-15-12)8-10-16-13-5-3-2-4-6-13/h2-6,12H,7-11H2,1H3. The van der Waals surface area contributed by atoms with Gasteiger partial charge in [-0.1, -0.05) is 18.2 Å². The van der Waals surface area contributed by atoms with Gasteiger partial charge in [0.15, 0.2) is 0 Å². The zero-order chi connectivity index (χ0) is 11.2. The second-order valence-electron chi connectivity index (χ2n) is 4.14. The molecule has 1 saturated heterocycles. The Morgan fingerprint density at radius 2 is 2.19 bits per heavy atom. The molecule has 0 bridgehead atoms. The molecule has 1 heterocycles. The van der Waals surface area contributed by atoms with Gasteiger partial charge in [0.2, 0.25) is 0 Å². The minimum absolute atomic E-state index is 0.399. The van der Waals surface area contributed by atoms with E-state index in [0.29, 0.717) is 6.10 Å². The summed E-state index contributed by atoms with van der Waals surface area (Å²) in [5, 5.41) is 0. The summed E-state index contributed by atoms with van der Waals surface area (Å²) >= 11 is 1.93. The van der Waals surface area contributed by atoms with Gasteiger partial charge in [-0.15, -0.1) is 11.8 Å². The summed E-state index contributed by atoms with van der Waals surface area (Å²) in [5.74, 6) is 1.16. The van der Waals surface area contributed by atoms with Gasteiger partial charge in [0.1, 0.15) is 0 Å². The van der Waals surface area contributed by atoms with Crippen molar-refractivity contribution in [3.63, 3.8) is 0 Å². The van der Waals surface area contributed by atoms with Gasteiger partial charge < -0.3 is 4.74 Å². The molecular weight excluding hydrogens is 218 g/mol. The third kappa shape index (κ3) is 3.81. The van der Waals surface area contributed by atoms with Gasteiger partial charge in [0.05, 0.1) is 12.7 Å². The summed E-state index contributed by atoms with van der Waals surface area (Å²) in [4.78, 5) is 3.85. The number of hydrogen-bond acceptors (Lipinski definition) is 3. The molecule has 88 valence electrons. The molecule has 0 N–H and O–H groups in total. The van der Waals surface area contributed by atoms with Crippen LogP contribution in [-0.4, -0.2) is 43.0 Å². The van der Waals surface area contributed by atoms with E-state index < -0.39 is 0 Å². The van der Waals surface area contributed by atoms with Crippen LogP contribution >= 0.6 is 11.8 Å². The predicted molar refractivity (Wildman–Crippen MR) is 69.0 cm³/mol. The number of rotatable bonds is 4. The van der Waals surface area contributed by atoms with Gasteiger partial charge >= 0.3 is 0 Å². The van der Waals surface area contributed by atoms with Gasteiger partial charge in [0, 0.05) is 30.3 Å². The number of hydrogen-bond donors (Lipinski definition) is 0. The lowest BCUT2D eigenvalue weighted by Gasteiger charge is -2.30. The Hall–Kier alpha value is -0.510. The summed E-state index contributed by atoms with van der Waals surface area (Å²) in [7, 11) is 0. The molecule has 0 spiro atoms. The van der Waals surface area contributed by atoms with Crippen molar-refractivity contribution >= 4 is 11.8 Å². The SMILES string of the molecule is CC1CN(CCSc2ccccc2)CCO1. The molecule has 1 aliphatic rings. The van der Waals surface area contributed by atoms with Crippen LogP contribution in [0.15, 0.2) is 35.2 Å². The molecule has 0 amide bonds. The van der Waals surface area contributed by atoms with Crippen molar-refractivity contribution in [3.05, 3.63) is 30.3 Å². The van der Waals surface area contributed by atoms with E-state index in [1.165, 1.54) is 4.90 Å². The van der Waals surface area contributed by atoms with E-state index in [0.717, 1.165) is 32.0 Å². The molecule has 1 aromatic rings. The van der Waals surface area contributed by atoms with E-state index in [1.807, 2.05) is 11.8 Å². The van der Waals surface area contributed by atoms with Crippen LogP contribution in [-0.2, 0) is 4.74 Å². The quantitative estimate of drug-likeness (QED) is 0.747. The fraction of sp³-hybridized carbons (Fsp3) is 0.538. The van der Waals surface area contributed by atoms with Crippen molar-refractivity contribution in [2.75, 3.05) is 32.0 Å². The molecule has 3 heteroatoms. The Labute approximate surface area is 102 Å². The van der Waals surface area contributed by atoms with E-state index in [1.54, 1.807) is 0 Å². The molecule has 1 aromatic carbocycles. The first-order valence-electron chi connectivity index (χ1n) is 5.86. The van der Waals surface area contributed by atoms with Crippen molar-refractivity contribution < 1.29 is 4.74 Å². The lowest BCUT2D eigenvalue weighted by Crippen LogP contribution is -2.42. The maximum absolute atomic E-state index is 5.52. The molecule has 16 heavy (non-hydrogen) atoms. The van der Waals surface area contributed by atoms with Gasteiger partial charge in [-0.3, -0.25) is 4.90 Å². The van der Waals surface area contributed by atoms with Crippen LogP contribution in [0.5, 0.6) is 0 Å². The zero-order valence-electron chi connectivity index (χ0n) is 9.76. The fourth-order valence-electron chi connectivity index (χ4n) is 1.90. The molecule has 1 atom stereocenters. The van der Waals surface area contributed by atoms with Crippen molar-refractivity contribution in [2.45, 2.75) is 17.9 Å². The molecule has 2 nitrogen and oxygen atoms in total.